The van der Waals surface area contributed by atoms with Crippen LogP contribution in [0.5, 0.6) is 0 Å². The molecule has 0 bridgehead atoms. The van der Waals surface area contributed by atoms with Gasteiger partial charge in [0.1, 0.15) is 11.2 Å². The van der Waals surface area contributed by atoms with Crippen molar-refractivity contribution >= 4 is 33.3 Å². The maximum atomic E-state index is 12.6. The van der Waals surface area contributed by atoms with Gasteiger partial charge in [-0.2, -0.15) is 11.8 Å². The molecule has 0 saturated carbocycles. The van der Waals surface area contributed by atoms with Crippen LogP contribution < -0.4 is 5.32 Å². The molecule has 1 aromatic rings. The lowest BCUT2D eigenvalue weighted by molar-refractivity contribution is 0.0749. The van der Waals surface area contributed by atoms with Crippen molar-refractivity contribution in [1.29, 1.82) is 0 Å². The first-order valence-electron chi connectivity index (χ1n) is 6.71. The minimum absolute atomic E-state index is 0.257. The normalized spacial score (nSPS) is 19.3. The number of nitrogens with zero attached hydrogens (tertiary/aromatic N) is 2. The van der Waals surface area contributed by atoms with E-state index in [4.69, 9.17) is 0 Å². The molecule has 1 N–H and O–H groups in total. The standard InChI is InChI=1S/C13H19N3O3S2/c1-3-14-11-8-10(4-5-15-11)13(17)16-6-7-20-9-12(16)21(2,18)19/h4-5,8,12H,3,6-7,9H2,1-2H3,(H,14,15). The number of amides is 1. The van der Waals surface area contributed by atoms with Crippen molar-refractivity contribution in [1.82, 2.24) is 9.88 Å². The molecule has 8 heteroatoms. The van der Waals surface area contributed by atoms with E-state index in [2.05, 4.69) is 10.3 Å². The fourth-order valence-electron chi connectivity index (χ4n) is 2.18. The fourth-order valence-corrected chi connectivity index (χ4v) is 4.99. The van der Waals surface area contributed by atoms with Crippen LogP contribution in [0.1, 0.15) is 17.3 Å². The van der Waals surface area contributed by atoms with Crippen molar-refractivity contribution in [2.75, 3.05) is 36.2 Å². The summed E-state index contributed by atoms with van der Waals surface area (Å²) < 4.78 is 23.7. The minimum atomic E-state index is -3.30. The average Bonchev–Trinajstić information content (AvgIpc) is 2.46. The smallest absolute Gasteiger partial charge is 0.255 e. The number of hydrogen-bond donors (Lipinski definition) is 1. The highest BCUT2D eigenvalue weighted by atomic mass is 32.2. The number of anilines is 1. The van der Waals surface area contributed by atoms with Crippen molar-refractivity contribution in [2.45, 2.75) is 12.3 Å². The van der Waals surface area contributed by atoms with Crippen LogP contribution in [0, 0.1) is 0 Å². The Morgan fingerprint density at radius 3 is 3.00 bits per heavy atom. The molecule has 6 nitrogen and oxygen atoms in total. The highest BCUT2D eigenvalue weighted by Gasteiger charge is 2.34. The Labute approximate surface area is 129 Å². The summed E-state index contributed by atoms with van der Waals surface area (Å²) in [6, 6.07) is 3.27. The van der Waals surface area contributed by atoms with Gasteiger partial charge in [0.25, 0.3) is 5.91 Å². The third kappa shape index (κ3) is 3.88. The van der Waals surface area contributed by atoms with Gasteiger partial charge >= 0.3 is 0 Å². The van der Waals surface area contributed by atoms with E-state index in [0.717, 1.165) is 5.75 Å². The van der Waals surface area contributed by atoms with Gasteiger partial charge in [-0.1, -0.05) is 0 Å². The van der Waals surface area contributed by atoms with E-state index in [1.165, 1.54) is 11.2 Å². The quantitative estimate of drug-likeness (QED) is 0.890. The maximum Gasteiger partial charge on any atom is 0.255 e. The molecular formula is C13H19N3O3S2. The number of hydrogen-bond acceptors (Lipinski definition) is 6. The first-order chi connectivity index (χ1) is 9.93. The summed E-state index contributed by atoms with van der Waals surface area (Å²) in [6.07, 6.45) is 2.74. The monoisotopic (exact) mass is 329 g/mol. The minimum Gasteiger partial charge on any atom is -0.370 e. The van der Waals surface area contributed by atoms with Crippen LogP contribution >= 0.6 is 11.8 Å². The second-order valence-electron chi connectivity index (χ2n) is 4.82. The maximum absolute atomic E-state index is 12.6. The zero-order valence-electron chi connectivity index (χ0n) is 12.1. The van der Waals surface area contributed by atoms with Crippen molar-refractivity contribution < 1.29 is 13.2 Å². The highest BCUT2D eigenvalue weighted by Crippen LogP contribution is 2.22. The van der Waals surface area contributed by atoms with E-state index in [1.807, 2.05) is 6.92 Å². The van der Waals surface area contributed by atoms with Gasteiger partial charge in [-0.25, -0.2) is 13.4 Å². The topological polar surface area (TPSA) is 79.4 Å². The Morgan fingerprint density at radius 2 is 2.33 bits per heavy atom. The molecule has 1 saturated heterocycles. The number of thioether (sulfide) groups is 1. The molecule has 0 aliphatic carbocycles. The lowest BCUT2D eigenvalue weighted by atomic mass is 10.2. The molecule has 1 atom stereocenters. The van der Waals surface area contributed by atoms with Gasteiger partial charge in [-0.3, -0.25) is 4.79 Å². The lowest BCUT2D eigenvalue weighted by Crippen LogP contribution is -2.49. The first-order valence-corrected chi connectivity index (χ1v) is 9.82. The zero-order chi connectivity index (χ0) is 15.5. The third-order valence-corrected chi connectivity index (χ3v) is 5.85. The predicted octanol–water partition coefficient (Wildman–Crippen LogP) is 1.07. The van der Waals surface area contributed by atoms with Gasteiger partial charge in [-0.05, 0) is 19.1 Å². The molecule has 1 fully saturated rings. The van der Waals surface area contributed by atoms with Crippen molar-refractivity contribution in [3.63, 3.8) is 0 Å². The van der Waals surface area contributed by atoms with Crippen LogP contribution in [0.4, 0.5) is 5.82 Å². The molecule has 116 valence electrons. The van der Waals surface area contributed by atoms with Crippen molar-refractivity contribution in [2.24, 2.45) is 0 Å². The van der Waals surface area contributed by atoms with Gasteiger partial charge < -0.3 is 10.2 Å². The number of rotatable bonds is 4. The summed E-state index contributed by atoms with van der Waals surface area (Å²) >= 11 is 1.56. The fraction of sp³-hybridized carbons (Fsp3) is 0.538. The Balaban J connectivity index is 2.27. The van der Waals surface area contributed by atoms with Crippen LogP contribution in [0.25, 0.3) is 0 Å². The van der Waals surface area contributed by atoms with Gasteiger partial charge in [0, 0.05) is 42.6 Å². The molecule has 1 aromatic heterocycles. The molecule has 0 aromatic carbocycles. The molecule has 1 amide bonds. The molecule has 1 aliphatic rings. The van der Waals surface area contributed by atoms with Crippen molar-refractivity contribution in [3.05, 3.63) is 23.9 Å². The van der Waals surface area contributed by atoms with Gasteiger partial charge in [0.2, 0.25) is 0 Å². The van der Waals surface area contributed by atoms with Crippen molar-refractivity contribution in [3.8, 4) is 0 Å². The second kappa shape index (κ2) is 6.65. The summed E-state index contributed by atoms with van der Waals surface area (Å²) in [6.45, 7) is 3.09. The van der Waals surface area contributed by atoms with E-state index in [0.29, 0.717) is 30.2 Å². The SMILES string of the molecule is CCNc1cc(C(=O)N2CCSCC2S(C)(=O)=O)ccn1. The second-order valence-corrected chi connectivity index (χ2v) is 8.17. The van der Waals surface area contributed by atoms with E-state index in [1.54, 1.807) is 30.1 Å². The molecule has 1 aliphatic heterocycles. The third-order valence-electron chi connectivity index (χ3n) is 3.20. The number of aromatic nitrogens is 1. The average molecular weight is 329 g/mol. The van der Waals surface area contributed by atoms with E-state index >= 15 is 0 Å². The number of carbonyl (C=O) groups excluding carboxylic acids is 1. The van der Waals surface area contributed by atoms with Crippen LogP contribution in [0.3, 0.4) is 0 Å². The summed E-state index contributed by atoms with van der Waals surface area (Å²) in [4.78, 5) is 18.2. The Bertz CT molecular complexity index is 619. The van der Waals surface area contributed by atoms with Gasteiger partial charge in [0.15, 0.2) is 9.84 Å². The molecule has 2 heterocycles. The number of sulfone groups is 1. The molecule has 0 radical (unpaired) electrons. The number of pyridine rings is 1. The summed E-state index contributed by atoms with van der Waals surface area (Å²) in [5.41, 5.74) is 0.460. The van der Waals surface area contributed by atoms with Crippen LogP contribution in [-0.4, -0.2) is 60.4 Å². The number of carbonyl (C=O) groups is 1. The number of nitrogens with one attached hydrogen (secondary N) is 1. The summed E-state index contributed by atoms with van der Waals surface area (Å²) in [5, 5.41) is 2.29. The van der Waals surface area contributed by atoms with E-state index in [9.17, 15) is 13.2 Å². The van der Waals surface area contributed by atoms with Crippen LogP contribution in [0.15, 0.2) is 18.3 Å². The predicted molar refractivity (Wildman–Crippen MR) is 85.4 cm³/mol. The Kier molecular flexibility index (Phi) is 5.10. The Morgan fingerprint density at radius 1 is 1.57 bits per heavy atom. The molecule has 21 heavy (non-hydrogen) atoms. The molecule has 2 rings (SSSR count). The molecular weight excluding hydrogens is 310 g/mol. The first kappa shape index (κ1) is 16.1. The summed E-state index contributed by atoms with van der Waals surface area (Å²) in [7, 11) is -3.30. The van der Waals surface area contributed by atoms with Gasteiger partial charge in [-0.15, -0.1) is 0 Å². The van der Waals surface area contributed by atoms with Crippen LogP contribution in [0.2, 0.25) is 0 Å². The molecule has 0 spiro atoms. The van der Waals surface area contributed by atoms with E-state index in [-0.39, 0.29) is 5.91 Å². The highest BCUT2D eigenvalue weighted by molar-refractivity contribution is 8.00. The van der Waals surface area contributed by atoms with Gasteiger partial charge in [0.05, 0.1) is 0 Å². The lowest BCUT2D eigenvalue weighted by Gasteiger charge is -2.34. The zero-order valence-corrected chi connectivity index (χ0v) is 13.7. The largest absolute Gasteiger partial charge is 0.370 e. The van der Waals surface area contributed by atoms with E-state index < -0.39 is 15.2 Å². The molecule has 1 unspecified atom stereocenters. The Hall–Kier alpha value is -1.28. The van der Waals surface area contributed by atoms with Crippen LogP contribution in [-0.2, 0) is 9.84 Å². The summed E-state index contributed by atoms with van der Waals surface area (Å²) in [5.74, 6) is 1.54.